The van der Waals surface area contributed by atoms with E-state index in [1.165, 1.54) is 0 Å². The Balaban J connectivity index is 1.71. The van der Waals surface area contributed by atoms with Gasteiger partial charge in [-0.2, -0.15) is 0 Å². The highest BCUT2D eigenvalue weighted by Gasteiger charge is 2.15. The highest BCUT2D eigenvalue weighted by molar-refractivity contribution is 5.93. The van der Waals surface area contributed by atoms with Crippen LogP contribution in [0, 0.1) is 0 Å². The minimum atomic E-state index is -0.159. The highest BCUT2D eigenvalue weighted by Crippen LogP contribution is 2.26. The molecule has 2 N–H and O–H groups in total. The number of fused-ring (bicyclic) bond motifs is 1. The first-order valence-electron chi connectivity index (χ1n) is 10.1. The van der Waals surface area contributed by atoms with Crippen molar-refractivity contribution < 1.29 is 4.79 Å². The molecule has 0 spiro atoms. The fourth-order valence-electron chi connectivity index (χ4n) is 3.35. The molecule has 1 heterocycles. The second kappa shape index (κ2) is 9.47. The van der Waals surface area contributed by atoms with Gasteiger partial charge in [0.2, 0.25) is 5.91 Å². The van der Waals surface area contributed by atoms with Crippen LogP contribution in [0.4, 0.5) is 5.69 Å². The molecule has 3 aromatic rings. The van der Waals surface area contributed by atoms with Gasteiger partial charge in [-0.1, -0.05) is 51.1 Å². The first kappa shape index (κ1) is 20.7. The fraction of sp³-hybridized carbons (Fsp3) is 0.348. The smallest absolute Gasteiger partial charge is 0.258 e. The van der Waals surface area contributed by atoms with E-state index >= 15 is 0 Å². The first-order chi connectivity index (χ1) is 14.0. The average Bonchev–Trinajstić information content (AvgIpc) is 2.73. The van der Waals surface area contributed by atoms with E-state index < -0.39 is 0 Å². The molecular formula is C23H28N4O2. The van der Waals surface area contributed by atoms with Gasteiger partial charge in [-0.05, 0) is 42.6 Å². The number of nitrogens with one attached hydrogen (secondary N) is 2. The first-order valence-corrected chi connectivity index (χ1v) is 10.1. The largest absolute Gasteiger partial charge is 0.325 e. The molecular weight excluding hydrogens is 364 g/mol. The summed E-state index contributed by atoms with van der Waals surface area (Å²) in [5.41, 5.74) is 2.51. The summed E-state index contributed by atoms with van der Waals surface area (Å²) in [6.07, 6.45) is 1.01. The normalized spacial score (nSPS) is 12.3. The molecule has 152 valence electrons. The molecule has 1 amide bonds. The van der Waals surface area contributed by atoms with Gasteiger partial charge < -0.3 is 10.3 Å². The number of H-pyrrole nitrogens is 1. The predicted molar refractivity (Wildman–Crippen MR) is 117 cm³/mol. The number of likely N-dealkylation sites (N-methyl/N-ethyl adjacent to an activating group) is 1. The molecule has 0 saturated carbocycles. The molecule has 1 atom stereocenters. The quantitative estimate of drug-likeness (QED) is 0.609. The number of anilines is 1. The number of benzene rings is 2. The van der Waals surface area contributed by atoms with E-state index in [-0.39, 0.29) is 18.0 Å². The zero-order valence-electron chi connectivity index (χ0n) is 17.2. The molecule has 0 aliphatic heterocycles. The van der Waals surface area contributed by atoms with Crippen molar-refractivity contribution in [1.82, 2.24) is 14.9 Å². The van der Waals surface area contributed by atoms with Gasteiger partial charge in [0.1, 0.15) is 5.82 Å². The van der Waals surface area contributed by atoms with Gasteiger partial charge in [0.05, 0.1) is 24.0 Å². The lowest BCUT2D eigenvalue weighted by molar-refractivity contribution is -0.117. The number of carbonyl (C=O) groups excluding carboxylic acids is 1. The van der Waals surface area contributed by atoms with Crippen LogP contribution in [0.1, 0.15) is 44.5 Å². The van der Waals surface area contributed by atoms with Crippen LogP contribution in [0.25, 0.3) is 10.9 Å². The topological polar surface area (TPSA) is 78.1 Å². The number of nitrogens with zero attached hydrogens (tertiary/aromatic N) is 2. The predicted octanol–water partition coefficient (Wildman–Crippen LogP) is 3.90. The Labute approximate surface area is 171 Å². The Hall–Kier alpha value is -2.99. The summed E-state index contributed by atoms with van der Waals surface area (Å²) in [7, 11) is 0. The van der Waals surface area contributed by atoms with Gasteiger partial charge in [0, 0.05) is 5.69 Å². The molecule has 0 aliphatic carbocycles. The van der Waals surface area contributed by atoms with Crippen molar-refractivity contribution in [3.63, 3.8) is 0 Å². The lowest BCUT2D eigenvalue weighted by Gasteiger charge is -2.21. The van der Waals surface area contributed by atoms with E-state index in [0.29, 0.717) is 35.7 Å². The minimum Gasteiger partial charge on any atom is -0.325 e. The molecule has 0 unspecified atom stereocenters. The second-order valence-electron chi connectivity index (χ2n) is 7.28. The number of hydrogen-bond donors (Lipinski definition) is 2. The highest BCUT2D eigenvalue weighted by atomic mass is 16.2. The Kier molecular flexibility index (Phi) is 6.77. The summed E-state index contributed by atoms with van der Waals surface area (Å²) in [6, 6.07) is 15.2. The molecule has 6 heteroatoms. The molecule has 0 fully saturated rings. The monoisotopic (exact) mass is 392 g/mol. The van der Waals surface area contributed by atoms with Crippen LogP contribution in [0.15, 0.2) is 53.3 Å². The maximum absolute atomic E-state index is 12.7. The maximum atomic E-state index is 12.7. The number of hydrogen-bond acceptors (Lipinski definition) is 4. The number of rotatable bonds is 8. The molecule has 6 nitrogen and oxygen atoms in total. The van der Waals surface area contributed by atoms with E-state index in [1.807, 2.05) is 48.2 Å². The van der Waals surface area contributed by atoms with Crippen LogP contribution in [-0.2, 0) is 11.3 Å². The van der Waals surface area contributed by atoms with Gasteiger partial charge >= 0.3 is 0 Å². The van der Waals surface area contributed by atoms with E-state index in [9.17, 15) is 9.59 Å². The summed E-state index contributed by atoms with van der Waals surface area (Å²) in [4.78, 5) is 34.3. The molecule has 0 radical (unpaired) electrons. The van der Waals surface area contributed by atoms with Crippen LogP contribution in [-0.4, -0.2) is 33.9 Å². The van der Waals surface area contributed by atoms with Gasteiger partial charge in [-0.3, -0.25) is 14.5 Å². The Morgan fingerprint density at radius 2 is 1.86 bits per heavy atom. The third-order valence-electron chi connectivity index (χ3n) is 5.23. The summed E-state index contributed by atoms with van der Waals surface area (Å²) in [5.74, 6) is 0.856. The summed E-state index contributed by atoms with van der Waals surface area (Å²) < 4.78 is 0. The van der Waals surface area contributed by atoms with E-state index in [2.05, 4.69) is 35.2 Å². The molecule has 3 rings (SSSR count). The van der Waals surface area contributed by atoms with Crippen molar-refractivity contribution in [3.8, 4) is 0 Å². The molecule has 0 saturated heterocycles. The molecule has 2 aromatic carbocycles. The number of amides is 1. The number of carbonyl (C=O) groups is 1. The van der Waals surface area contributed by atoms with Crippen molar-refractivity contribution in [2.75, 3.05) is 18.4 Å². The Bertz CT molecular complexity index is 1040. The van der Waals surface area contributed by atoms with Crippen molar-refractivity contribution >= 4 is 22.5 Å². The van der Waals surface area contributed by atoms with Gasteiger partial charge in [-0.15, -0.1) is 0 Å². The van der Waals surface area contributed by atoms with Crippen molar-refractivity contribution in [2.24, 2.45) is 0 Å². The Morgan fingerprint density at radius 1 is 1.14 bits per heavy atom. The standard InChI is InChI=1S/C23H28N4O2/c1-4-16(3)17-10-6-8-12-19(17)25-22(28)15-27(5-2)14-21-24-20-13-9-7-11-18(20)23(29)26-21/h6-13,16H,4-5,14-15H2,1-3H3,(H,25,28)(H,24,26,29)/t16-/m0/s1. The molecule has 0 bridgehead atoms. The zero-order chi connectivity index (χ0) is 20.8. The maximum Gasteiger partial charge on any atom is 0.258 e. The van der Waals surface area contributed by atoms with E-state index in [0.717, 1.165) is 17.7 Å². The van der Waals surface area contributed by atoms with E-state index in [4.69, 9.17) is 0 Å². The number of aromatic nitrogens is 2. The Morgan fingerprint density at radius 3 is 2.62 bits per heavy atom. The van der Waals surface area contributed by atoms with Crippen LogP contribution >= 0.6 is 0 Å². The molecule has 0 aliphatic rings. The lowest BCUT2D eigenvalue weighted by Crippen LogP contribution is -2.34. The van der Waals surface area contributed by atoms with Crippen LogP contribution < -0.4 is 10.9 Å². The SMILES string of the molecule is CC[C@H](C)c1ccccc1NC(=O)CN(CC)Cc1nc2ccccc2c(=O)[nH]1. The van der Waals surface area contributed by atoms with Gasteiger partial charge in [-0.25, -0.2) is 4.98 Å². The number of aromatic amines is 1. The number of para-hydroxylation sites is 2. The van der Waals surface area contributed by atoms with Crippen molar-refractivity contribution in [2.45, 2.75) is 39.7 Å². The summed E-state index contributed by atoms with van der Waals surface area (Å²) >= 11 is 0. The molecule has 1 aromatic heterocycles. The van der Waals surface area contributed by atoms with Crippen molar-refractivity contribution in [1.29, 1.82) is 0 Å². The zero-order valence-corrected chi connectivity index (χ0v) is 17.2. The second-order valence-corrected chi connectivity index (χ2v) is 7.28. The van der Waals surface area contributed by atoms with E-state index in [1.54, 1.807) is 6.07 Å². The molecule has 29 heavy (non-hydrogen) atoms. The summed E-state index contributed by atoms with van der Waals surface area (Å²) in [6.45, 7) is 7.57. The van der Waals surface area contributed by atoms with Crippen LogP contribution in [0.5, 0.6) is 0 Å². The van der Waals surface area contributed by atoms with Gasteiger partial charge in [0.25, 0.3) is 5.56 Å². The summed E-state index contributed by atoms with van der Waals surface area (Å²) in [5, 5.41) is 3.61. The van der Waals surface area contributed by atoms with Crippen molar-refractivity contribution in [3.05, 3.63) is 70.3 Å². The fourth-order valence-corrected chi connectivity index (χ4v) is 3.35. The third-order valence-corrected chi connectivity index (χ3v) is 5.23. The van der Waals surface area contributed by atoms with Crippen LogP contribution in [0.3, 0.4) is 0 Å². The van der Waals surface area contributed by atoms with Gasteiger partial charge in [0.15, 0.2) is 0 Å². The lowest BCUT2D eigenvalue weighted by atomic mass is 9.97. The average molecular weight is 393 g/mol. The van der Waals surface area contributed by atoms with Crippen LogP contribution in [0.2, 0.25) is 0 Å². The minimum absolute atomic E-state index is 0.0780. The third kappa shape index (κ3) is 5.09.